The van der Waals surface area contributed by atoms with Crippen molar-refractivity contribution in [2.75, 3.05) is 19.5 Å². The summed E-state index contributed by atoms with van der Waals surface area (Å²) in [5, 5.41) is 5.50. The molecule has 28 heavy (non-hydrogen) atoms. The molecule has 146 valence electrons. The van der Waals surface area contributed by atoms with E-state index in [1.54, 1.807) is 25.3 Å². The number of para-hydroxylation sites is 3. The maximum absolute atomic E-state index is 12.3. The molecular formula is C20H21N3O4S. The second kappa shape index (κ2) is 9.27. The molecule has 1 heterocycles. The highest BCUT2D eigenvalue weighted by molar-refractivity contribution is 8.15. The van der Waals surface area contributed by atoms with Crippen molar-refractivity contribution in [1.82, 2.24) is 5.32 Å². The Morgan fingerprint density at radius 3 is 2.54 bits per heavy atom. The number of rotatable bonds is 7. The lowest BCUT2D eigenvalue weighted by Crippen LogP contribution is -2.28. The fourth-order valence-corrected chi connectivity index (χ4v) is 3.69. The van der Waals surface area contributed by atoms with Crippen LogP contribution in [-0.2, 0) is 16.1 Å². The van der Waals surface area contributed by atoms with Crippen LogP contribution in [0, 0.1) is 0 Å². The third-order valence-electron chi connectivity index (χ3n) is 4.11. The average Bonchev–Trinajstić information content (AvgIpc) is 3.06. The van der Waals surface area contributed by atoms with Crippen LogP contribution < -0.4 is 20.1 Å². The number of thioether (sulfide) groups is 1. The zero-order chi connectivity index (χ0) is 19.9. The SMILES string of the molecule is COc1ccccc1CN=C1NC(=O)[C@@H](CC(=O)Nc2ccccc2OC)S1. The fourth-order valence-electron chi connectivity index (χ4n) is 2.72. The number of amidine groups is 1. The Labute approximate surface area is 167 Å². The lowest BCUT2D eigenvalue weighted by atomic mass is 10.2. The van der Waals surface area contributed by atoms with E-state index >= 15 is 0 Å². The monoisotopic (exact) mass is 399 g/mol. The van der Waals surface area contributed by atoms with E-state index < -0.39 is 5.25 Å². The first-order valence-electron chi connectivity index (χ1n) is 8.67. The standard InChI is InChI=1S/C20H21N3O4S/c1-26-15-9-5-3-7-13(15)12-21-20-23-19(25)17(28-20)11-18(24)22-14-8-4-6-10-16(14)27-2/h3-10,17H,11-12H2,1-2H3,(H,22,24)(H,21,23,25)/t17-/m1/s1. The van der Waals surface area contributed by atoms with Crippen molar-refractivity contribution in [3.63, 3.8) is 0 Å². The Balaban J connectivity index is 1.59. The Morgan fingerprint density at radius 2 is 1.79 bits per heavy atom. The van der Waals surface area contributed by atoms with Crippen LogP contribution in [0.1, 0.15) is 12.0 Å². The Hall–Kier alpha value is -3.00. The van der Waals surface area contributed by atoms with Crippen LogP contribution in [0.5, 0.6) is 11.5 Å². The molecule has 0 spiro atoms. The molecular weight excluding hydrogens is 378 g/mol. The highest BCUT2D eigenvalue weighted by Gasteiger charge is 2.32. The van der Waals surface area contributed by atoms with Crippen LogP contribution in [0.25, 0.3) is 0 Å². The minimum atomic E-state index is -0.522. The molecule has 8 heteroatoms. The van der Waals surface area contributed by atoms with Crippen molar-refractivity contribution < 1.29 is 19.1 Å². The van der Waals surface area contributed by atoms with E-state index in [0.29, 0.717) is 23.1 Å². The van der Waals surface area contributed by atoms with Gasteiger partial charge in [-0.2, -0.15) is 0 Å². The third-order valence-corrected chi connectivity index (χ3v) is 5.23. The van der Waals surface area contributed by atoms with E-state index in [0.717, 1.165) is 11.3 Å². The van der Waals surface area contributed by atoms with Crippen LogP contribution in [0.15, 0.2) is 53.5 Å². The predicted octanol–water partition coefficient (Wildman–Crippen LogP) is 2.82. The first-order chi connectivity index (χ1) is 13.6. The van der Waals surface area contributed by atoms with Crippen molar-refractivity contribution in [1.29, 1.82) is 0 Å². The van der Waals surface area contributed by atoms with Crippen molar-refractivity contribution >= 4 is 34.4 Å². The normalized spacial score (nSPS) is 17.3. The highest BCUT2D eigenvalue weighted by atomic mass is 32.2. The summed E-state index contributed by atoms with van der Waals surface area (Å²) in [5.74, 6) is 0.828. The maximum Gasteiger partial charge on any atom is 0.240 e. The van der Waals surface area contributed by atoms with E-state index in [-0.39, 0.29) is 18.2 Å². The second-order valence-electron chi connectivity index (χ2n) is 5.98. The van der Waals surface area contributed by atoms with Gasteiger partial charge in [0.2, 0.25) is 11.8 Å². The van der Waals surface area contributed by atoms with Gasteiger partial charge < -0.3 is 20.1 Å². The number of methoxy groups -OCH3 is 2. The minimum Gasteiger partial charge on any atom is -0.496 e. The van der Waals surface area contributed by atoms with E-state index in [1.165, 1.54) is 18.9 Å². The largest absolute Gasteiger partial charge is 0.496 e. The Kier molecular flexibility index (Phi) is 6.54. The molecule has 0 aromatic heterocycles. The first kappa shape index (κ1) is 19.8. The molecule has 1 aliphatic heterocycles. The molecule has 7 nitrogen and oxygen atoms in total. The van der Waals surface area contributed by atoms with E-state index in [2.05, 4.69) is 15.6 Å². The molecule has 2 aromatic carbocycles. The van der Waals surface area contributed by atoms with Crippen molar-refractivity contribution in [2.24, 2.45) is 4.99 Å². The minimum absolute atomic E-state index is 0.0439. The van der Waals surface area contributed by atoms with Crippen LogP contribution in [0.3, 0.4) is 0 Å². The lowest BCUT2D eigenvalue weighted by molar-refractivity contribution is -0.122. The van der Waals surface area contributed by atoms with Crippen LogP contribution in [-0.4, -0.2) is 36.5 Å². The molecule has 0 saturated carbocycles. The van der Waals surface area contributed by atoms with Gasteiger partial charge in [0.1, 0.15) is 16.7 Å². The van der Waals surface area contributed by atoms with Gasteiger partial charge in [0.15, 0.2) is 5.17 Å². The zero-order valence-electron chi connectivity index (χ0n) is 15.6. The first-order valence-corrected chi connectivity index (χ1v) is 9.55. The number of nitrogens with one attached hydrogen (secondary N) is 2. The van der Waals surface area contributed by atoms with Gasteiger partial charge in [-0.15, -0.1) is 0 Å². The zero-order valence-corrected chi connectivity index (χ0v) is 16.4. The molecule has 1 aliphatic rings. The van der Waals surface area contributed by atoms with Gasteiger partial charge in [0.25, 0.3) is 0 Å². The number of aliphatic imine (C=N–C) groups is 1. The smallest absolute Gasteiger partial charge is 0.240 e. The summed E-state index contributed by atoms with van der Waals surface area (Å²) in [6.07, 6.45) is 0.0439. The van der Waals surface area contributed by atoms with Gasteiger partial charge >= 0.3 is 0 Å². The predicted molar refractivity (Wildman–Crippen MR) is 110 cm³/mol. The quantitative estimate of drug-likeness (QED) is 0.747. The van der Waals surface area contributed by atoms with E-state index in [9.17, 15) is 9.59 Å². The fraction of sp³-hybridized carbons (Fsp3) is 0.250. The maximum atomic E-state index is 12.3. The Bertz CT molecular complexity index is 901. The molecule has 1 saturated heterocycles. The number of anilines is 1. The van der Waals surface area contributed by atoms with Gasteiger partial charge in [-0.25, -0.2) is 0 Å². The molecule has 2 amide bonds. The number of carbonyl (C=O) groups excluding carboxylic acids is 2. The van der Waals surface area contributed by atoms with E-state index in [1.807, 2.05) is 30.3 Å². The summed E-state index contributed by atoms with van der Waals surface area (Å²) in [6.45, 7) is 0.382. The number of ether oxygens (including phenoxy) is 2. The summed E-state index contributed by atoms with van der Waals surface area (Å²) in [7, 11) is 3.14. The molecule has 1 atom stereocenters. The van der Waals surface area contributed by atoms with Crippen molar-refractivity contribution in [3.8, 4) is 11.5 Å². The summed E-state index contributed by atoms with van der Waals surface area (Å²) in [6, 6.07) is 14.7. The van der Waals surface area contributed by atoms with Gasteiger partial charge in [-0.3, -0.25) is 14.6 Å². The summed E-state index contributed by atoms with van der Waals surface area (Å²) in [5.41, 5.74) is 1.49. The van der Waals surface area contributed by atoms with Gasteiger partial charge in [0, 0.05) is 12.0 Å². The van der Waals surface area contributed by atoms with Crippen molar-refractivity contribution in [2.45, 2.75) is 18.2 Å². The third kappa shape index (κ3) is 4.83. The number of hydrogen-bond donors (Lipinski definition) is 2. The van der Waals surface area contributed by atoms with Crippen LogP contribution in [0.2, 0.25) is 0 Å². The van der Waals surface area contributed by atoms with E-state index in [4.69, 9.17) is 9.47 Å². The number of benzene rings is 2. The molecule has 0 bridgehead atoms. The molecule has 2 N–H and O–H groups in total. The summed E-state index contributed by atoms with van der Waals surface area (Å²) >= 11 is 1.26. The number of hydrogen-bond acceptors (Lipinski definition) is 6. The lowest BCUT2D eigenvalue weighted by Gasteiger charge is -2.10. The number of amides is 2. The van der Waals surface area contributed by atoms with Crippen LogP contribution in [0.4, 0.5) is 5.69 Å². The Morgan fingerprint density at radius 1 is 1.11 bits per heavy atom. The second-order valence-corrected chi connectivity index (χ2v) is 7.17. The van der Waals surface area contributed by atoms with Crippen molar-refractivity contribution in [3.05, 3.63) is 54.1 Å². The van der Waals surface area contributed by atoms with Crippen LogP contribution >= 0.6 is 11.8 Å². The molecule has 2 aromatic rings. The summed E-state index contributed by atoms with van der Waals surface area (Å²) in [4.78, 5) is 29.0. The molecule has 3 rings (SSSR count). The molecule has 0 radical (unpaired) electrons. The molecule has 1 fully saturated rings. The summed E-state index contributed by atoms with van der Waals surface area (Å²) < 4.78 is 10.5. The van der Waals surface area contributed by atoms with Gasteiger partial charge in [-0.1, -0.05) is 42.1 Å². The topological polar surface area (TPSA) is 89.0 Å². The molecule has 0 aliphatic carbocycles. The average molecular weight is 399 g/mol. The van der Waals surface area contributed by atoms with Gasteiger partial charge in [-0.05, 0) is 18.2 Å². The number of nitrogens with zero attached hydrogens (tertiary/aromatic N) is 1. The molecule has 0 unspecified atom stereocenters. The van der Waals surface area contributed by atoms with Gasteiger partial charge in [0.05, 0.1) is 26.5 Å². The number of carbonyl (C=O) groups is 2. The highest BCUT2D eigenvalue weighted by Crippen LogP contribution is 2.27.